The number of hydrogen-bond donors (Lipinski definition) is 2. The van der Waals surface area contributed by atoms with Crippen molar-refractivity contribution in [3.8, 4) is 0 Å². The summed E-state index contributed by atoms with van der Waals surface area (Å²) in [6.45, 7) is 4.02. The number of carboxylic acids is 1. The van der Waals surface area contributed by atoms with E-state index in [-0.39, 0.29) is 30.8 Å². The van der Waals surface area contributed by atoms with Gasteiger partial charge in [0.1, 0.15) is 11.6 Å². The summed E-state index contributed by atoms with van der Waals surface area (Å²) in [6, 6.07) is 0. The second-order valence-electron chi connectivity index (χ2n) is 4.32. The van der Waals surface area contributed by atoms with Crippen LogP contribution in [0, 0.1) is 5.92 Å². The maximum atomic E-state index is 11.3. The fraction of sp³-hybridized carbons (Fsp3) is 0.727. The van der Waals surface area contributed by atoms with E-state index in [0.717, 1.165) is 0 Å². The molecule has 0 amide bonds. The molecule has 0 saturated heterocycles. The van der Waals surface area contributed by atoms with E-state index in [1.807, 2.05) is 0 Å². The number of rotatable bonds is 7. The lowest BCUT2D eigenvalue weighted by molar-refractivity contribution is -0.142. The molecule has 2 atom stereocenters. The fourth-order valence-electron chi connectivity index (χ4n) is 1.62. The Morgan fingerprint density at radius 2 is 1.75 bits per heavy atom. The first-order valence-electron chi connectivity index (χ1n) is 5.11. The normalized spacial score (nSPS) is 16.2. The van der Waals surface area contributed by atoms with Gasteiger partial charge in [-0.25, -0.2) is 0 Å². The maximum absolute atomic E-state index is 11.3. The highest BCUT2D eigenvalue weighted by Gasteiger charge is 2.36. The van der Waals surface area contributed by atoms with Crippen molar-refractivity contribution < 1.29 is 24.6 Å². The number of carbonyl (C=O) groups excluding carboxylic acids is 2. The molecule has 0 rings (SSSR count). The Balaban J connectivity index is 4.67. The van der Waals surface area contributed by atoms with Gasteiger partial charge in [-0.15, -0.1) is 0 Å². The molecule has 0 bridgehead atoms. The Labute approximate surface area is 94.5 Å². The third-order valence-electron chi connectivity index (χ3n) is 2.58. The van der Waals surface area contributed by atoms with Crippen molar-refractivity contribution in [1.29, 1.82) is 0 Å². The Hall–Kier alpha value is -1.23. The van der Waals surface area contributed by atoms with Crippen molar-refractivity contribution in [2.45, 2.75) is 45.6 Å². The Kier molecular flexibility index (Phi) is 5.30. The number of carbonyl (C=O) groups is 3. The van der Waals surface area contributed by atoms with Gasteiger partial charge in [-0.05, 0) is 27.2 Å². The van der Waals surface area contributed by atoms with Gasteiger partial charge in [0.15, 0.2) is 0 Å². The van der Waals surface area contributed by atoms with E-state index in [1.54, 1.807) is 0 Å². The average molecular weight is 230 g/mol. The zero-order chi connectivity index (χ0) is 12.9. The topological polar surface area (TPSA) is 91.7 Å². The minimum Gasteiger partial charge on any atom is -0.481 e. The Morgan fingerprint density at radius 3 is 2.06 bits per heavy atom. The number of ketones is 2. The van der Waals surface area contributed by atoms with Gasteiger partial charge >= 0.3 is 5.97 Å². The number of Topliss-reactive ketones (excluding diaryl/α,β-unsaturated/α-hetero) is 2. The van der Waals surface area contributed by atoms with E-state index >= 15 is 0 Å². The maximum Gasteiger partial charge on any atom is 0.303 e. The van der Waals surface area contributed by atoms with Crippen LogP contribution in [0.5, 0.6) is 0 Å². The smallest absolute Gasteiger partial charge is 0.303 e. The predicted octanol–water partition coefficient (Wildman–Crippen LogP) is 0.786. The van der Waals surface area contributed by atoms with Crippen LogP contribution < -0.4 is 0 Å². The molecule has 0 spiro atoms. The molecule has 0 saturated carbocycles. The van der Waals surface area contributed by atoms with Crippen molar-refractivity contribution in [3.63, 3.8) is 0 Å². The third-order valence-corrected chi connectivity index (χ3v) is 2.58. The van der Waals surface area contributed by atoms with Crippen LogP contribution in [0.3, 0.4) is 0 Å². The lowest BCUT2D eigenvalue weighted by Gasteiger charge is -2.30. The molecule has 5 heteroatoms. The Bertz CT molecular complexity index is 293. The second-order valence-corrected chi connectivity index (χ2v) is 4.32. The summed E-state index contributed by atoms with van der Waals surface area (Å²) < 4.78 is 0. The van der Waals surface area contributed by atoms with Gasteiger partial charge < -0.3 is 15.0 Å². The largest absolute Gasteiger partial charge is 0.481 e. The number of aliphatic hydroxyl groups is 1. The van der Waals surface area contributed by atoms with Gasteiger partial charge in [0.2, 0.25) is 0 Å². The van der Waals surface area contributed by atoms with E-state index in [2.05, 4.69) is 0 Å². The average Bonchev–Trinajstić information content (AvgIpc) is 2.10. The highest BCUT2D eigenvalue weighted by Crippen LogP contribution is 2.26. The zero-order valence-corrected chi connectivity index (χ0v) is 9.82. The van der Waals surface area contributed by atoms with E-state index in [0.29, 0.717) is 0 Å². The van der Waals surface area contributed by atoms with Crippen molar-refractivity contribution in [2.24, 2.45) is 5.92 Å². The van der Waals surface area contributed by atoms with Crippen LogP contribution in [0.2, 0.25) is 0 Å². The summed E-state index contributed by atoms with van der Waals surface area (Å²) >= 11 is 0. The standard InChI is InChI=1S/C11H18O5/c1-7(12)6-9(8(2)13)11(3,16)5-4-10(14)15/h9,16H,4-6H2,1-3H3,(H,14,15). The molecule has 0 aromatic rings. The lowest BCUT2D eigenvalue weighted by Crippen LogP contribution is -2.40. The van der Waals surface area contributed by atoms with Crippen LogP contribution in [-0.4, -0.2) is 33.3 Å². The van der Waals surface area contributed by atoms with Crippen LogP contribution in [0.4, 0.5) is 0 Å². The molecule has 0 aromatic carbocycles. The van der Waals surface area contributed by atoms with E-state index in [4.69, 9.17) is 5.11 Å². The van der Waals surface area contributed by atoms with Gasteiger partial charge in [0, 0.05) is 12.8 Å². The second kappa shape index (κ2) is 5.75. The SMILES string of the molecule is CC(=O)CC(C(C)=O)C(C)(O)CCC(=O)O. The summed E-state index contributed by atoms with van der Waals surface area (Å²) in [7, 11) is 0. The highest BCUT2D eigenvalue weighted by molar-refractivity contribution is 5.86. The van der Waals surface area contributed by atoms with Gasteiger partial charge in [0.05, 0.1) is 11.5 Å². The van der Waals surface area contributed by atoms with Crippen LogP contribution in [0.1, 0.15) is 40.0 Å². The van der Waals surface area contributed by atoms with Gasteiger partial charge in [-0.3, -0.25) is 9.59 Å². The summed E-state index contributed by atoms with van der Waals surface area (Å²) in [5, 5.41) is 18.5. The van der Waals surface area contributed by atoms with Crippen LogP contribution in [-0.2, 0) is 14.4 Å². The van der Waals surface area contributed by atoms with Gasteiger partial charge in [-0.1, -0.05) is 0 Å². The van der Waals surface area contributed by atoms with Gasteiger partial charge in [-0.2, -0.15) is 0 Å². The molecular formula is C11H18O5. The van der Waals surface area contributed by atoms with Crippen LogP contribution >= 0.6 is 0 Å². The van der Waals surface area contributed by atoms with Crippen molar-refractivity contribution in [2.75, 3.05) is 0 Å². The van der Waals surface area contributed by atoms with E-state index < -0.39 is 17.5 Å². The predicted molar refractivity (Wildman–Crippen MR) is 57.0 cm³/mol. The number of hydrogen-bond acceptors (Lipinski definition) is 4. The highest BCUT2D eigenvalue weighted by atomic mass is 16.4. The quantitative estimate of drug-likeness (QED) is 0.674. The first-order chi connectivity index (χ1) is 7.16. The minimum absolute atomic E-state index is 0.0418. The molecular weight excluding hydrogens is 212 g/mol. The van der Waals surface area contributed by atoms with E-state index in [1.165, 1.54) is 20.8 Å². The molecule has 0 radical (unpaired) electrons. The van der Waals surface area contributed by atoms with Crippen molar-refractivity contribution in [1.82, 2.24) is 0 Å². The summed E-state index contributed by atoms with van der Waals surface area (Å²) in [5.74, 6) is -2.36. The summed E-state index contributed by atoms with van der Waals surface area (Å²) in [4.78, 5) is 32.7. The van der Waals surface area contributed by atoms with Crippen molar-refractivity contribution >= 4 is 17.5 Å². The lowest BCUT2D eigenvalue weighted by atomic mass is 9.80. The first kappa shape index (κ1) is 14.8. The summed E-state index contributed by atoms with van der Waals surface area (Å²) in [5.41, 5.74) is -1.45. The van der Waals surface area contributed by atoms with Crippen molar-refractivity contribution in [3.05, 3.63) is 0 Å². The first-order valence-corrected chi connectivity index (χ1v) is 5.11. The molecule has 0 aliphatic rings. The number of carboxylic acid groups (broad SMARTS) is 1. The molecule has 2 unspecified atom stereocenters. The molecule has 0 fully saturated rings. The fourth-order valence-corrected chi connectivity index (χ4v) is 1.62. The number of aliphatic carboxylic acids is 1. The molecule has 0 aliphatic carbocycles. The Morgan fingerprint density at radius 1 is 1.25 bits per heavy atom. The zero-order valence-electron chi connectivity index (χ0n) is 9.82. The molecule has 0 heterocycles. The third kappa shape index (κ3) is 5.02. The molecule has 0 aromatic heterocycles. The van der Waals surface area contributed by atoms with Crippen LogP contribution in [0.25, 0.3) is 0 Å². The molecule has 0 aliphatic heterocycles. The monoisotopic (exact) mass is 230 g/mol. The molecule has 16 heavy (non-hydrogen) atoms. The minimum atomic E-state index is -1.45. The molecule has 2 N–H and O–H groups in total. The van der Waals surface area contributed by atoms with E-state index in [9.17, 15) is 19.5 Å². The summed E-state index contributed by atoms with van der Waals surface area (Å²) in [6.07, 6.45) is -0.323. The molecule has 92 valence electrons. The van der Waals surface area contributed by atoms with Gasteiger partial charge in [0.25, 0.3) is 0 Å². The van der Waals surface area contributed by atoms with Crippen LogP contribution in [0.15, 0.2) is 0 Å². The molecule has 5 nitrogen and oxygen atoms in total.